The second kappa shape index (κ2) is 14.3. The van der Waals surface area contributed by atoms with E-state index in [1.165, 1.54) is 0 Å². The van der Waals surface area contributed by atoms with Crippen LogP contribution in [0, 0.1) is 11.3 Å². The maximum absolute atomic E-state index is 11.5. The quantitative estimate of drug-likeness (QED) is 0.183. The molecule has 42 heavy (non-hydrogen) atoms. The number of piperidine rings is 1. The molecule has 5 rings (SSSR count). The van der Waals surface area contributed by atoms with E-state index in [-0.39, 0.29) is 17.2 Å². The van der Waals surface area contributed by atoms with Gasteiger partial charge in [0.2, 0.25) is 11.8 Å². The molecule has 1 atom stereocenters. The molecule has 226 valence electrons. The van der Waals surface area contributed by atoms with E-state index in [4.69, 9.17) is 19.9 Å². The van der Waals surface area contributed by atoms with Crippen LogP contribution in [0.15, 0.2) is 40.9 Å². The van der Waals surface area contributed by atoms with Gasteiger partial charge < -0.3 is 19.8 Å². The minimum absolute atomic E-state index is 0.105. The van der Waals surface area contributed by atoms with Crippen molar-refractivity contribution >= 4 is 22.6 Å². The van der Waals surface area contributed by atoms with Crippen LogP contribution in [0.1, 0.15) is 89.9 Å². The van der Waals surface area contributed by atoms with Gasteiger partial charge in [-0.25, -0.2) is 9.97 Å². The number of carbonyl (C=O) groups is 2. The number of ketones is 1. The number of nitrogens with zero attached hydrogens (tertiary/aromatic N) is 3. The highest BCUT2D eigenvalue weighted by Crippen LogP contribution is 2.59. The molecule has 2 aliphatic rings. The second-order valence-corrected chi connectivity index (χ2v) is 12.3. The predicted molar refractivity (Wildman–Crippen MR) is 164 cm³/mol. The Morgan fingerprint density at radius 3 is 2.64 bits per heavy atom. The maximum Gasteiger partial charge on any atom is 0.221 e. The fraction of sp³-hybridized carbons (Fsp3) is 0.588. The molecule has 1 aliphatic heterocycles. The molecular weight excluding hydrogens is 528 g/mol. The van der Waals surface area contributed by atoms with Crippen LogP contribution < -0.4 is 10.5 Å². The number of likely N-dealkylation sites (tertiary alicyclic amines) is 1. The van der Waals surface area contributed by atoms with E-state index < -0.39 is 0 Å². The second-order valence-electron chi connectivity index (χ2n) is 12.3. The van der Waals surface area contributed by atoms with E-state index in [2.05, 4.69) is 16.0 Å². The molecule has 1 saturated heterocycles. The Labute approximate surface area is 249 Å². The van der Waals surface area contributed by atoms with Crippen molar-refractivity contribution in [3.63, 3.8) is 0 Å². The Balaban J connectivity index is 0.985. The number of Topliss-reactive ketones (excluding diaryl/α,β-unsaturated/α-hetero) is 1. The molecule has 1 amide bonds. The van der Waals surface area contributed by atoms with Crippen molar-refractivity contribution in [1.82, 2.24) is 14.9 Å². The topological polar surface area (TPSA) is 112 Å². The average Bonchev–Trinajstić information content (AvgIpc) is 3.50. The van der Waals surface area contributed by atoms with Gasteiger partial charge in [0, 0.05) is 42.2 Å². The zero-order valence-corrected chi connectivity index (χ0v) is 25.1. The van der Waals surface area contributed by atoms with Crippen molar-refractivity contribution in [1.29, 1.82) is 0 Å². The van der Waals surface area contributed by atoms with Gasteiger partial charge in [0.1, 0.15) is 5.78 Å². The first-order valence-electron chi connectivity index (χ1n) is 16.0. The number of oxazole rings is 1. The number of aryl methyl sites for hydroxylation is 1. The van der Waals surface area contributed by atoms with Gasteiger partial charge in [0.05, 0.1) is 18.3 Å². The molecule has 2 fully saturated rings. The van der Waals surface area contributed by atoms with E-state index in [1.54, 1.807) is 6.20 Å². The number of unbranched alkanes of at least 4 members (excludes halogenated alkanes) is 5. The highest BCUT2D eigenvalue weighted by Gasteiger charge is 2.57. The summed E-state index contributed by atoms with van der Waals surface area (Å²) in [5.74, 6) is 2.57. The molecule has 8 nitrogen and oxygen atoms in total. The van der Waals surface area contributed by atoms with Crippen LogP contribution in [0.2, 0.25) is 0 Å². The first-order valence-corrected chi connectivity index (χ1v) is 16.0. The van der Waals surface area contributed by atoms with Crippen LogP contribution in [-0.4, -0.2) is 52.8 Å². The summed E-state index contributed by atoms with van der Waals surface area (Å²) < 4.78 is 12.0. The van der Waals surface area contributed by atoms with Crippen molar-refractivity contribution in [2.24, 2.45) is 17.1 Å². The third kappa shape index (κ3) is 7.97. The normalized spacial score (nSPS) is 18.0. The van der Waals surface area contributed by atoms with Crippen LogP contribution in [0.3, 0.4) is 0 Å². The summed E-state index contributed by atoms with van der Waals surface area (Å²) in [4.78, 5) is 34.6. The summed E-state index contributed by atoms with van der Waals surface area (Å²) in [6.07, 6.45) is 14.6. The molecule has 1 spiro atoms. The smallest absolute Gasteiger partial charge is 0.221 e. The molecule has 3 aromatic rings. The molecule has 8 heteroatoms. The Morgan fingerprint density at radius 2 is 1.86 bits per heavy atom. The first kappa shape index (κ1) is 30.2. The van der Waals surface area contributed by atoms with Gasteiger partial charge in [0.25, 0.3) is 0 Å². The van der Waals surface area contributed by atoms with Crippen LogP contribution in [0.4, 0.5) is 0 Å². The number of carbonyl (C=O) groups excluding carboxylic acids is 2. The number of nitrogens with two attached hydrogens (primary N) is 1. The van der Waals surface area contributed by atoms with Crippen molar-refractivity contribution in [3.05, 3.63) is 42.4 Å². The number of aromatic nitrogens is 2. The molecule has 3 heterocycles. The van der Waals surface area contributed by atoms with Gasteiger partial charge in [-0.3, -0.25) is 9.59 Å². The lowest BCUT2D eigenvalue weighted by Crippen LogP contribution is -2.36. The average molecular weight is 575 g/mol. The van der Waals surface area contributed by atoms with Crippen molar-refractivity contribution in [3.8, 4) is 17.2 Å². The first-order chi connectivity index (χ1) is 20.5. The lowest BCUT2D eigenvalue weighted by Gasteiger charge is -2.32. The number of amides is 1. The Bertz CT molecular complexity index is 1340. The lowest BCUT2D eigenvalue weighted by molar-refractivity contribution is -0.120. The van der Waals surface area contributed by atoms with Gasteiger partial charge in [-0.1, -0.05) is 19.8 Å². The third-order valence-electron chi connectivity index (χ3n) is 9.25. The van der Waals surface area contributed by atoms with Crippen molar-refractivity contribution < 1.29 is 18.7 Å². The largest absolute Gasteiger partial charge is 0.478 e. The molecule has 1 aromatic carbocycles. The monoisotopic (exact) mass is 574 g/mol. The van der Waals surface area contributed by atoms with Crippen LogP contribution in [0.25, 0.3) is 22.2 Å². The fourth-order valence-electron chi connectivity index (χ4n) is 6.34. The lowest BCUT2D eigenvalue weighted by atomic mass is 9.90. The molecular formula is C34H46N4O4. The molecule has 0 unspecified atom stereocenters. The number of hydrogen-bond acceptors (Lipinski definition) is 7. The number of primary amides is 1. The van der Waals surface area contributed by atoms with Crippen LogP contribution >= 0.6 is 0 Å². The summed E-state index contributed by atoms with van der Waals surface area (Å²) in [5, 5.41) is 1.04. The van der Waals surface area contributed by atoms with Gasteiger partial charge >= 0.3 is 0 Å². The van der Waals surface area contributed by atoms with Crippen molar-refractivity contribution in [2.45, 2.75) is 90.4 Å². The summed E-state index contributed by atoms with van der Waals surface area (Å²) in [7, 11) is 0. The fourth-order valence-corrected chi connectivity index (χ4v) is 6.34. The minimum Gasteiger partial charge on any atom is -0.478 e. The zero-order chi connectivity index (χ0) is 29.4. The number of pyridine rings is 1. The molecule has 2 N–H and O–H groups in total. The van der Waals surface area contributed by atoms with E-state index >= 15 is 0 Å². The number of hydrogen-bond donors (Lipinski definition) is 1. The SMILES string of the molecule is CCC(=O)CCCCCCc1ncc(-c2ccc3nc(OCCCCCN4CCC5(CC4)C[C@H]5C(N)=O)ccc3c2)o1. The summed E-state index contributed by atoms with van der Waals surface area (Å²) in [5.41, 5.74) is 7.64. The number of benzene rings is 1. The molecule has 1 aliphatic carbocycles. The third-order valence-corrected chi connectivity index (χ3v) is 9.25. The van der Waals surface area contributed by atoms with Crippen LogP contribution in [0.5, 0.6) is 5.88 Å². The summed E-state index contributed by atoms with van der Waals surface area (Å²) in [6, 6.07) is 10.1. The van der Waals surface area contributed by atoms with E-state index in [0.29, 0.717) is 31.1 Å². The molecule has 0 radical (unpaired) electrons. The van der Waals surface area contributed by atoms with Crippen LogP contribution in [-0.2, 0) is 16.0 Å². The number of rotatable bonds is 17. The van der Waals surface area contributed by atoms with Gasteiger partial charge in [-0.15, -0.1) is 0 Å². The molecule has 1 saturated carbocycles. The molecule has 0 bridgehead atoms. The Hall–Kier alpha value is -3.26. The number of ether oxygens (including phenoxy) is 1. The van der Waals surface area contributed by atoms with Gasteiger partial charge in [-0.05, 0) is 101 Å². The van der Waals surface area contributed by atoms with Gasteiger partial charge in [-0.2, -0.15) is 0 Å². The molecule has 2 aromatic heterocycles. The highest BCUT2D eigenvalue weighted by molar-refractivity contribution is 5.84. The van der Waals surface area contributed by atoms with E-state index in [0.717, 1.165) is 118 Å². The van der Waals surface area contributed by atoms with Crippen molar-refractivity contribution in [2.75, 3.05) is 26.2 Å². The van der Waals surface area contributed by atoms with E-state index in [1.807, 2.05) is 31.2 Å². The Morgan fingerprint density at radius 1 is 1.05 bits per heavy atom. The van der Waals surface area contributed by atoms with E-state index in [9.17, 15) is 9.59 Å². The summed E-state index contributed by atoms with van der Waals surface area (Å²) in [6.45, 7) is 5.88. The zero-order valence-electron chi connectivity index (χ0n) is 25.1. The number of fused-ring (bicyclic) bond motifs is 1. The summed E-state index contributed by atoms with van der Waals surface area (Å²) >= 11 is 0. The standard InChI is InChI=1S/C34H46N4O4/c1-2-27(39)10-6-3-4-7-11-31-36-24-30(42-31)26-12-14-29-25(22-26)13-15-32(37-29)41-21-9-5-8-18-38-19-16-34(17-20-38)23-28(34)33(35)40/h12-15,22,24,28H,2-11,16-21,23H2,1H3,(H2,35,40)/t28-/m0/s1. The van der Waals surface area contributed by atoms with Gasteiger partial charge in [0.15, 0.2) is 11.7 Å². The highest BCUT2D eigenvalue weighted by atomic mass is 16.5. The Kier molecular flexibility index (Phi) is 10.3. The predicted octanol–water partition coefficient (Wildman–Crippen LogP) is 6.50. The minimum atomic E-state index is -0.105. The maximum atomic E-state index is 11.5.